The van der Waals surface area contributed by atoms with Crippen molar-refractivity contribution in [3.63, 3.8) is 0 Å². The molecule has 1 aliphatic rings. The molecule has 1 atom stereocenters. The Morgan fingerprint density at radius 2 is 1.90 bits per heavy atom. The van der Waals surface area contributed by atoms with Gasteiger partial charge in [-0.3, -0.25) is 14.4 Å². The molecule has 1 aliphatic heterocycles. The molecule has 0 radical (unpaired) electrons. The second-order valence-electron chi connectivity index (χ2n) is 4.14. The Morgan fingerprint density at radius 3 is 2.45 bits per heavy atom. The van der Waals surface area contributed by atoms with Crippen LogP contribution in [0.2, 0.25) is 0 Å². The Kier molecular flexibility index (Phi) is 3.79. The zero-order valence-electron chi connectivity index (χ0n) is 11.0. The van der Waals surface area contributed by atoms with Gasteiger partial charge in [-0.15, -0.1) is 5.10 Å². The Balaban J connectivity index is 2.31. The minimum atomic E-state index is -1.23. The van der Waals surface area contributed by atoms with Gasteiger partial charge in [0.25, 0.3) is 5.91 Å². The first-order valence-electron chi connectivity index (χ1n) is 5.91. The number of benzene rings is 1. The molecule has 2 amide bonds. The molecule has 0 aliphatic carbocycles. The number of para-hydroxylation sites is 1. The van der Waals surface area contributed by atoms with Crippen molar-refractivity contribution in [3.8, 4) is 0 Å². The van der Waals surface area contributed by atoms with Crippen molar-refractivity contribution >= 4 is 29.3 Å². The molecule has 0 saturated carbocycles. The number of amides is 2. The number of carbonyl (C=O) groups excluding carboxylic acids is 3. The molecule has 1 N–H and O–H groups in total. The lowest BCUT2D eigenvalue weighted by Gasteiger charge is -2.13. The number of amidine groups is 1. The van der Waals surface area contributed by atoms with Crippen LogP contribution in [-0.4, -0.2) is 29.7 Å². The fraction of sp³-hybridized carbons (Fsp3) is 0.231. The molecular weight excluding hydrogens is 262 g/mol. The maximum atomic E-state index is 12.2. The van der Waals surface area contributed by atoms with E-state index in [1.54, 1.807) is 30.3 Å². The maximum Gasteiger partial charge on any atom is 0.303 e. The molecular formula is C13H13N3O4. The Bertz CT molecular complexity index is 583. The predicted molar refractivity (Wildman–Crippen MR) is 70.7 cm³/mol. The third-order valence-electron chi connectivity index (χ3n) is 2.48. The van der Waals surface area contributed by atoms with Crippen molar-refractivity contribution in [2.75, 3.05) is 5.01 Å². The molecule has 2 rings (SSSR count). The monoisotopic (exact) mass is 275 g/mol. The molecule has 0 aromatic heterocycles. The van der Waals surface area contributed by atoms with Gasteiger partial charge >= 0.3 is 5.97 Å². The maximum absolute atomic E-state index is 12.2. The summed E-state index contributed by atoms with van der Waals surface area (Å²) in [6.45, 7) is 2.47. The van der Waals surface area contributed by atoms with Crippen molar-refractivity contribution in [1.82, 2.24) is 5.32 Å². The molecule has 1 aromatic rings. The third kappa shape index (κ3) is 2.82. The number of hydrogen-bond donors (Lipinski definition) is 1. The largest absolute Gasteiger partial charge is 0.444 e. The van der Waals surface area contributed by atoms with Crippen LogP contribution in [0, 0.1) is 0 Å². The first-order valence-corrected chi connectivity index (χ1v) is 5.91. The zero-order chi connectivity index (χ0) is 14.7. The molecule has 0 bridgehead atoms. The number of nitrogens with zero attached hydrogens (tertiary/aromatic N) is 2. The number of hydrazone groups is 1. The van der Waals surface area contributed by atoms with E-state index in [1.807, 2.05) is 0 Å². The number of ether oxygens (including phenoxy) is 1. The van der Waals surface area contributed by atoms with Gasteiger partial charge < -0.3 is 10.1 Å². The second-order valence-corrected chi connectivity index (χ2v) is 4.14. The fourth-order valence-corrected chi connectivity index (χ4v) is 1.73. The van der Waals surface area contributed by atoms with Gasteiger partial charge in [0.1, 0.15) is 0 Å². The second kappa shape index (κ2) is 5.52. The summed E-state index contributed by atoms with van der Waals surface area (Å²) in [5.74, 6) is -1.56. The van der Waals surface area contributed by atoms with Gasteiger partial charge in [0.2, 0.25) is 12.0 Å². The van der Waals surface area contributed by atoms with Crippen LogP contribution in [0.5, 0.6) is 0 Å². The van der Waals surface area contributed by atoms with E-state index in [-0.39, 0.29) is 5.84 Å². The van der Waals surface area contributed by atoms with Crippen LogP contribution in [0.4, 0.5) is 5.69 Å². The van der Waals surface area contributed by atoms with Crippen LogP contribution in [0.15, 0.2) is 35.4 Å². The summed E-state index contributed by atoms with van der Waals surface area (Å²) < 4.78 is 4.91. The Morgan fingerprint density at radius 1 is 1.25 bits per heavy atom. The van der Waals surface area contributed by atoms with Gasteiger partial charge in [0.15, 0.2) is 5.84 Å². The highest BCUT2D eigenvalue weighted by Gasteiger charge is 2.39. The number of esters is 1. The van der Waals surface area contributed by atoms with Crippen LogP contribution >= 0.6 is 0 Å². The van der Waals surface area contributed by atoms with Crippen LogP contribution < -0.4 is 10.3 Å². The molecule has 104 valence electrons. The molecule has 0 fully saturated rings. The van der Waals surface area contributed by atoms with Crippen molar-refractivity contribution in [1.29, 1.82) is 0 Å². The van der Waals surface area contributed by atoms with Gasteiger partial charge in [0.05, 0.1) is 5.69 Å². The number of rotatable bonds is 2. The highest BCUT2D eigenvalue weighted by Crippen LogP contribution is 2.21. The normalized spacial score (nSPS) is 17.7. The van der Waals surface area contributed by atoms with E-state index in [0.29, 0.717) is 5.69 Å². The lowest BCUT2D eigenvalue weighted by Crippen LogP contribution is -2.42. The topological polar surface area (TPSA) is 88.1 Å². The smallest absolute Gasteiger partial charge is 0.303 e. The van der Waals surface area contributed by atoms with E-state index >= 15 is 0 Å². The minimum Gasteiger partial charge on any atom is -0.444 e. The molecule has 1 heterocycles. The summed E-state index contributed by atoms with van der Waals surface area (Å²) in [5, 5.41) is 7.50. The molecule has 7 nitrogen and oxygen atoms in total. The van der Waals surface area contributed by atoms with Gasteiger partial charge in [-0.25, -0.2) is 0 Å². The van der Waals surface area contributed by atoms with E-state index in [1.165, 1.54) is 13.8 Å². The average molecular weight is 275 g/mol. The summed E-state index contributed by atoms with van der Waals surface area (Å²) in [5.41, 5.74) is 0.523. The minimum absolute atomic E-state index is 0.00144. The highest BCUT2D eigenvalue weighted by atomic mass is 16.5. The zero-order valence-corrected chi connectivity index (χ0v) is 11.0. The highest BCUT2D eigenvalue weighted by molar-refractivity contribution is 6.20. The SMILES string of the molecule is CC(=O)NC1=NN(c2ccccc2)C(=O)C1OC(C)=O. The lowest BCUT2D eigenvalue weighted by molar-refractivity contribution is -0.148. The summed E-state index contributed by atoms with van der Waals surface area (Å²) in [6.07, 6.45) is -1.23. The van der Waals surface area contributed by atoms with Gasteiger partial charge in [-0.05, 0) is 12.1 Å². The number of nitrogens with one attached hydrogen (secondary N) is 1. The van der Waals surface area contributed by atoms with Crippen molar-refractivity contribution < 1.29 is 19.1 Å². The molecule has 7 heteroatoms. The summed E-state index contributed by atoms with van der Waals surface area (Å²) in [7, 11) is 0. The van der Waals surface area contributed by atoms with E-state index in [0.717, 1.165) is 5.01 Å². The van der Waals surface area contributed by atoms with Gasteiger partial charge in [-0.2, -0.15) is 5.01 Å². The van der Waals surface area contributed by atoms with Gasteiger partial charge in [-0.1, -0.05) is 18.2 Å². The molecule has 20 heavy (non-hydrogen) atoms. The number of carbonyl (C=O) groups is 3. The summed E-state index contributed by atoms with van der Waals surface area (Å²) in [6, 6.07) is 8.66. The van der Waals surface area contributed by atoms with E-state index < -0.39 is 23.9 Å². The molecule has 1 aromatic carbocycles. The van der Waals surface area contributed by atoms with E-state index in [2.05, 4.69) is 10.4 Å². The average Bonchev–Trinajstić information content (AvgIpc) is 2.67. The Labute approximate surface area is 115 Å². The fourth-order valence-electron chi connectivity index (χ4n) is 1.73. The standard InChI is InChI=1S/C13H13N3O4/c1-8(17)14-12-11(20-9(2)18)13(19)16(15-12)10-6-4-3-5-7-10/h3-7,11H,1-2H3,(H,14,15,17). The van der Waals surface area contributed by atoms with Crippen molar-refractivity contribution in [2.24, 2.45) is 5.10 Å². The van der Waals surface area contributed by atoms with Crippen LogP contribution in [-0.2, 0) is 19.1 Å². The number of hydrogen-bond acceptors (Lipinski definition) is 5. The first kappa shape index (κ1) is 13.7. The van der Waals surface area contributed by atoms with Crippen molar-refractivity contribution in [3.05, 3.63) is 30.3 Å². The molecule has 0 spiro atoms. The first-order chi connectivity index (χ1) is 9.49. The predicted octanol–water partition coefficient (Wildman–Crippen LogP) is 0.414. The lowest BCUT2D eigenvalue weighted by atomic mass is 10.2. The van der Waals surface area contributed by atoms with E-state index in [9.17, 15) is 14.4 Å². The molecule has 0 saturated heterocycles. The third-order valence-corrected chi connectivity index (χ3v) is 2.48. The van der Waals surface area contributed by atoms with E-state index in [4.69, 9.17) is 4.74 Å². The number of anilines is 1. The quantitative estimate of drug-likeness (QED) is 0.792. The van der Waals surface area contributed by atoms with Crippen LogP contribution in [0.3, 0.4) is 0 Å². The van der Waals surface area contributed by atoms with Crippen LogP contribution in [0.1, 0.15) is 13.8 Å². The molecule has 1 unspecified atom stereocenters. The Hall–Kier alpha value is -2.70. The van der Waals surface area contributed by atoms with Crippen molar-refractivity contribution in [2.45, 2.75) is 20.0 Å². The van der Waals surface area contributed by atoms with Crippen LogP contribution in [0.25, 0.3) is 0 Å². The summed E-state index contributed by atoms with van der Waals surface area (Å²) in [4.78, 5) is 34.4. The van der Waals surface area contributed by atoms with Gasteiger partial charge in [0, 0.05) is 13.8 Å². The summed E-state index contributed by atoms with van der Waals surface area (Å²) >= 11 is 0.